The van der Waals surface area contributed by atoms with E-state index >= 15 is 0 Å². The Hall–Kier alpha value is -1.66. The van der Waals surface area contributed by atoms with Gasteiger partial charge in [-0.05, 0) is 25.1 Å². The molecule has 0 amide bonds. The molecule has 0 aliphatic carbocycles. The minimum Gasteiger partial charge on any atom is -0.492 e. The Kier molecular flexibility index (Phi) is 2.99. The summed E-state index contributed by atoms with van der Waals surface area (Å²) in [6, 6.07) is 8.12. The van der Waals surface area contributed by atoms with Crippen LogP contribution in [0.3, 0.4) is 0 Å². The van der Waals surface area contributed by atoms with Crippen molar-refractivity contribution in [2.75, 3.05) is 6.61 Å². The quantitative estimate of drug-likeness (QED) is 0.845. The molecule has 0 spiro atoms. The van der Waals surface area contributed by atoms with Crippen LogP contribution in [-0.2, 0) is 10.1 Å². The van der Waals surface area contributed by atoms with Gasteiger partial charge in [-0.25, -0.2) is 4.98 Å². The van der Waals surface area contributed by atoms with Crippen molar-refractivity contribution in [2.24, 2.45) is 0 Å². The van der Waals surface area contributed by atoms with Gasteiger partial charge < -0.3 is 4.74 Å². The number of benzene rings is 1. The van der Waals surface area contributed by atoms with E-state index in [9.17, 15) is 8.42 Å². The molecular formula is C11H11NO4S. The summed E-state index contributed by atoms with van der Waals surface area (Å²) in [5.41, 5.74) is 0.421. The van der Waals surface area contributed by atoms with E-state index in [1.165, 1.54) is 6.07 Å². The van der Waals surface area contributed by atoms with Gasteiger partial charge >= 0.3 is 10.1 Å². The van der Waals surface area contributed by atoms with Gasteiger partial charge in [0.15, 0.2) is 5.03 Å². The highest BCUT2D eigenvalue weighted by atomic mass is 32.2. The SMILES string of the molecule is CCOc1cccc2ccc(S(=O)(=O)O)nc12. The summed E-state index contributed by atoms with van der Waals surface area (Å²) in [5.74, 6) is 0.496. The van der Waals surface area contributed by atoms with E-state index in [1.54, 1.807) is 24.3 Å². The summed E-state index contributed by atoms with van der Waals surface area (Å²) in [7, 11) is -4.29. The van der Waals surface area contributed by atoms with E-state index < -0.39 is 10.1 Å². The maximum absolute atomic E-state index is 11.0. The fourth-order valence-electron chi connectivity index (χ4n) is 1.52. The minimum atomic E-state index is -4.29. The van der Waals surface area contributed by atoms with E-state index in [0.29, 0.717) is 17.9 Å². The number of para-hydroxylation sites is 1. The van der Waals surface area contributed by atoms with Crippen molar-refractivity contribution in [3.8, 4) is 5.75 Å². The maximum Gasteiger partial charge on any atom is 0.312 e. The first-order chi connectivity index (χ1) is 8.02. The Morgan fingerprint density at radius 3 is 2.71 bits per heavy atom. The van der Waals surface area contributed by atoms with Gasteiger partial charge in [0.1, 0.15) is 11.3 Å². The lowest BCUT2D eigenvalue weighted by atomic mass is 10.2. The molecule has 6 heteroatoms. The zero-order valence-electron chi connectivity index (χ0n) is 9.12. The molecule has 1 N–H and O–H groups in total. The van der Waals surface area contributed by atoms with Crippen LogP contribution in [0.25, 0.3) is 10.9 Å². The van der Waals surface area contributed by atoms with E-state index in [4.69, 9.17) is 9.29 Å². The molecule has 2 rings (SSSR count). The van der Waals surface area contributed by atoms with Gasteiger partial charge in [-0.2, -0.15) is 8.42 Å². The van der Waals surface area contributed by atoms with Gasteiger partial charge in [0.05, 0.1) is 6.61 Å². The summed E-state index contributed by atoms with van der Waals surface area (Å²) in [4.78, 5) is 3.90. The highest BCUT2D eigenvalue weighted by Crippen LogP contribution is 2.24. The second-order valence-corrected chi connectivity index (χ2v) is 4.75. The van der Waals surface area contributed by atoms with Crippen LogP contribution in [-0.4, -0.2) is 24.6 Å². The van der Waals surface area contributed by atoms with Crippen LogP contribution in [0.1, 0.15) is 6.92 Å². The predicted molar refractivity (Wildman–Crippen MR) is 62.7 cm³/mol. The molecule has 1 aromatic carbocycles. The minimum absolute atomic E-state index is 0.378. The average molecular weight is 253 g/mol. The Morgan fingerprint density at radius 1 is 1.29 bits per heavy atom. The normalized spacial score (nSPS) is 11.6. The molecule has 90 valence electrons. The molecule has 0 unspecified atom stereocenters. The van der Waals surface area contributed by atoms with Crippen molar-refractivity contribution in [1.82, 2.24) is 4.98 Å². The fourth-order valence-corrected chi connectivity index (χ4v) is 1.96. The molecule has 17 heavy (non-hydrogen) atoms. The summed E-state index contributed by atoms with van der Waals surface area (Å²) in [6.07, 6.45) is 0. The second kappa shape index (κ2) is 4.31. The number of pyridine rings is 1. The molecule has 0 saturated carbocycles. The van der Waals surface area contributed by atoms with Crippen LogP contribution >= 0.6 is 0 Å². The molecule has 0 atom stereocenters. The number of hydrogen-bond donors (Lipinski definition) is 1. The van der Waals surface area contributed by atoms with Gasteiger partial charge in [-0.15, -0.1) is 0 Å². The van der Waals surface area contributed by atoms with Crippen molar-refractivity contribution < 1.29 is 17.7 Å². The van der Waals surface area contributed by atoms with Gasteiger partial charge in [-0.1, -0.05) is 12.1 Å². The molecule has 5 nitrogen and oxygen atoms in total. The highest BCUT2D eigenvalue weighted by Gasteiger charge is 2.13. The van der Waals surface area contributed by atoms with Crippen LogP contribution in [0.5, 0.6) is 5.75 Å². The van der Waals surface area contributed by atoms with Gasteiger partial charge in [0.25, 0.3) is 0 Å². The molecule has 0 aliphatic heterocycles. The molecule has 1 aromatic heterocycles. The Labute approximate surface area is 98.8 Å². The summed E-state index contributed by atoms with van der Waals surface area (Å²) >= 11 is 0. The van der Waals surface area contributed by atoms with E-state index in [1.807, 2.05) is 6.92 Å². The Morgan fingerprint density at radius 2 is 2.06 bits per heavy atom. The molecule has 0 radical (unpaired) electrons. The first-order valence-electron chi connectivity index (χ1n) is 5.02. The lowest BCUT2D eigenvalue weighted by Gasteiger charge is -2.07. The lowest BCUT2D eigenvalue weighted by Crippen LogP contribution is -2.02. The summed E-state index contributed by atoms with van der Waals surface area (Å²) in [6.45, 7) is 2.28. The van der Waals surface area contributed by atoms with Crippen LogP contribution in [0.15, 0.2) is 35.4 Å². The Bertz CT molecular complexity index is 652. The summed E-state index contributed by atoms with van der Waals surface area (Å²) < 4.78 is 36.3. The zero-order chi connectivity index (χ0) is 12.5. The van der Waals surface area contributed by atoms with E-state index in [-0.39, 0.29) is 5.03 Å². The number of hydrogen-bond acceptors (Lipinski definition) is 4. The van der Waals surface area contributed by atoms with Crippen LogP contribution in [0, 0.1) is 0 Å². The van der Waals surface area contributed by atoms with Crippen LogP contribution < -0.4 is 4.74 Å². The fraction of sp³-hybridized carbons (Fsp3) is 0.182. The third-order valence-electron chi connectivity index (χ3n) is 2.22. The monoisotopic (exact) mass is 253 g/mol. The molecule has 0 bridgehead atoms. The average Bonchev–Trinajstić information content (AvgIpc) is 2.28. The van der Waals surface area contributed by atoms with Gasteiger partial charge in [-0.3, -0.25) is 4.55 Å². The second-order valence-electron chi connectivity index (χ2n) is 3.39. The van der Waals surface area contributed by atoms with E-state index in [2.05, 4.69) is 4.98 Å². The smallest absolute Gasteiger partial charge is 0.312 e. The van der Waals surface area contributed by atoms with Crippen molar-refractivity contribution in [2.45, 2.75) is 11.9 Å². The molecular weight excluding hydrogens is 242 g/mol. The third kappa shape index (κ3) is 2.37. The van der Waals surface area contributed by atoms with Crippen LogP contribution in [0.2, 0.25) is 0 Å². The molecule has 0 saturated heterocycles. The standard InChI is InChI=1S/C11H11NO4S/c1-2-16-9-5-3-4-8-6-7-10(12-11(8)9)17(13,14)15/h3-7H,2H2,1H3,(H,13,14,15). The summed E-state index contributed by atoms with van der Waals surface area (Å²) in [5, 5.41) is 0.375. The van der Waals surface area contributed by atoms with Crippen molar-refractivity contribution in [1.29, 1.82) is 0 Å². The third-order valence-corrected chi connectivity index (χ3v) is 2.98. The van der Waals surface area contributed by atoms with Crippen molar-refractivity contribution >= 4 is 21.0 Å². The topological polar surface area (TPSA) is 76.5 Å². The zero-order valence-corrected chi connectivity index (χ0v) is 9.94. The predicted octanol–water partition coefficient (Wildman–Crippen LogP) is 1.88. The number of ether oxygens (including phenoxy) is 1. The number of aromatic nitrogens is 1. The first-order valence-corrected chi connectivity index (χ1v) is 6.46. The van der Waals surface area contributed by atoms with Gasteiger partial charge in [0.2, 0.25) is 0 Å². The maximum atomic E-state index is 11.0. The number of nitrogens with zero attached hydrogens (tertiary/aromatic N) is 1. The van der Waals surface area contributed by atoms with Crippen LogP contribution in [0.4, 0.5) is 0 Å². The van der Waals surface area contributed by atoms with Crippen molar-refractivity contribution in [3.05, 3.63) is 30.3 Å². The largest absolute Gasteiger partial charge is 0.492 e. The molecule has 0 aliphatic rings. The molecule has 2 aromatic rings. The molecule has 0 fully saturated rings. The number of fused-ring (bicyclic) bond motifs is 1. The Balaban J connectivity index is 2.70. The lowest BCUT2D eigenvalue weighted by molar-refractivity contribution is 0.343. The first kappa shape index (κ1) is 11.8. The molecule has 1 heterocycles. The van der Waals surface area contributed by atoms with Crippen molar-refractivity contribution in [3.63, 3.8) is 0 Å². The van der Waals surface area contributed by atoms with Gasteiger partial charge in [0, 0.05) is 5.39 Å². The number of rotatable bonds is 3. The van der Waals surface area contributed by atoms with E-state index in [0.717, 1.165) is 5.39 Å². The highest BCUT2D eigenvalue weighted by molar-refractivity contribution is 7.85.